The zero-order chi connectivity index (χ0) is 16.2. The van der Waals surface area contributed by atoms with Crippen molar-refractivity contribution >= 4 is 17.5 Å². The van der Waals surface area contributed by atoms with Gasteiger partial charge in [0.2, 0.25) is 5.95 Å². The molecule has 0 amide bonds. The molecule has 0 aliphatic heterocycles. The SMILES string of the molecule is NN(Cc1ccccc1)c1nc(-c2ccc(Cl)cc2)[nH]c(=O)n1. The number of halogens is 1. The minimum atomic E-state index is -0.511. The zero-order valence-corrected chi connectivity index (χ0v) is 12.9. The first-order valence-corrected chi connectivity index (χ1v) is 7.30. The Balaban J connectivity index is 1.91. The Hall–Kier alpha value is -2.70. The number of aromatic nitrogens is 3. The average Bonchev–Trinajstić information content (AvgIpc) is 2.56. The number of aromatic amines is 1. The number of nitrogens with zero attached hydrogens (tertiary/aromatic N) is 3. The second-order valence-electron chi connectivity index (χ2n) is 4.92. The molecule has 0 aliphatic rings. The first-order valence-electron chi connectivity index (χ1n) is 6.92. The lowest BCUT2D eigenvalue weighted by Crippen LogP contribution is -2.34. The topological polar surface area (TPSA) is 87.9 Å². The maximum Gasteiger partial charge on any atom is 0.349 e. The lowest BCUT2D eigenvalue weighted by molar-refractivity contribution is 0.791. The van der Waals surface area contributed by atoms with E-state index >= 15 is 0 Å². The first-order chi connectivity index (χ1) is 11.1. The number of H-pyrrole nitrogens is 1. The van der Waals surface area contributed by atoms with Crippen molar-refractivity contribution in [3.8, 4) is 11.4 Å². The molecule has 0 saturated carbocycles. The van der Waals surface area contributed by atoms with E-state index in [4.69, 9.17) is 17.4 Å². The van der Waals surface area contributed by atoms with E-state index in [0.717, 1.165) is 11.1 Å². The van der Waals surface area contributed by atoms with E-state index < -0.39 is 5.69 Å². The molecule has 0 aliphatic carbocycles. The number of hydrogen-bond donors (Lipinski definition) is 2. The summed E-state index contributed by atoms with van der Waals surface area (Å²) < 4.78 is 0. The van der Waals surface area contributed by atoms with Gasteiger partial charge in [0.05, 0.1) is 6.54 Å². The van der Waals surface area contributed by atoms with E-state index in [-0.39, 0.29) is 5.95 Å². The Kier molecular flexibility index (Phi) is 4.36. The summed E-state index contributed by atoms with van der Waals surface area (Å²) in [5.41, 5.74) is 1.21. The molecule has 1 aromatic heterocycles. The molecule has 3 rings (SSSR count). The summed E-state index contributed by atoms with van der Waals surface area (Å²) in [6.07, 6.45) is 0. The number of anilines is 1. The van der Waals surface area contributed by atoms with Crippen LogP contribution in [0.4, 0.5) is 5.95 Å². The molecule has 0 spiro atoms. The van der Waals surface area contributed by atoms with Crippen molar-refractivity contribution < 1.29 is 0 Å². The van der Waals surface area contributed by atoms with Gasteiger partial charge in [-0.3, -0.25) is 9.99 Å². The van der Waals surface area contributed by atoms with Crippen LogP contribution in [-0.4, -0.2) is 15.0 Å². The molecule has 0 fully saturated rings. The predicted molar refractivity (Wildman–Crippen MR) is 89.9 cm³/mol. The van der Waals surface area contributed by atoms with Crippen LogP contribution < -0.4 is 16.5 Å². The second kappa shape index (κ2) is 6.60. The molecular formula is C16H14ClN5O. The van der Waals surface area contributed by atoms with Gasteiger partial charge < -0.3 is 0 Å². The lowest BCUT2D eigenvalue weighted by atomic mass is 10.2. The molecule has 23 heavy (non-hydrogen) atoms. The quantitative estimate of drug-likeness (QED) is 0.567. The summed E-state index contributed by atoms with van der Waals surface area (Å²) in [4.78, 5) is 22.5. The van der Waals surface area contributed by atoms with Gasteiger partial charge in [0.1, 0.15) is 5.82 Å². The summed E-state index contributed by atoms with van der Waals surface area (Å²) in [5.74, 6) is 6.55. The number of hydrazine groups is 1. The average molecular weight is 328 g/mol. The van der Waals surface area contributed by atoms with Crippen molar-refractivity contribution in [2.75, 3.05) is 5.01 Å². The van der Waals surface area contributed by atoms with Gasteiger partial charge in [0, 0.05) is 10.6 Å². The van der Waals surface area contributed by atoms with Gasteiger partial charge >= 0.3 is 5.69 Å². The van der Waals surface area contributed by atoms with Crippen LogP contribution >= 0.6 is 11.6 Å². The van der Waals surface area contributed by atoms with E-state index in [1.54, 1.807) is 24.3 Å². The normalized spacial score (nSPS) is 10.5. The second-order valence-corrected chi connectivity index (χ2v) is 5.36. The summed E-state index contributed by atoms with van der Waals surface area (Å²) in [6.45, 7) is 0.393. The maximum absolute atomic E-state index is 11.8. The van der Waals surface area contributed by atoms with E-state index in [2.05, 4.69) is 15.0 Å². The number of benzene rings is 2. The monoisotopic (exact) mass is 327 g/mol. The number of nitrogens with one attached hydrogen (secondary N) is 1. The van der Waals surface area contributed by atoms with Gasteiger partial charge in [0.15, 0.2) is 0 Å². The van der Waals surface area contributed by atoms with E-state index in [9.17, 15) is 4.79 Å². The van der Waals surface area contributed by atoms with Gasteiger partial charge in [-0.25, -0.2) is 10.6 Å². The van der Waals surface area contributed by atoms with Crippen molar-refractivity contribution in [2.45, 2.75) is 6.54 Å². The number of nitrogens with two attached hydrogens (primary N) is 1. The van der Waals surface area contributed by atoms with Crippen LogP contribution in [0.15, 0.2) is 59.4 Å². The van der Waals surface area contributed by atoms with E-state index in [1.165, 1.54) is 5.01 Å². The van der Waals surface area contributed by atoms with Gasteiger partial charge in [-0.1, -0.05) is 41.9 Å². The Morgan fingerprint density at radius 1 is 1.04 bits per heavy atom. The summed E-state index contributed by atoms with van der Waals surface area (Å²) >= 11 is 5.87. The first kappa shape index (κ1) is 15.2. The third kappa shape index (κ3) is 3.74. The molecule has 0 radical (unpaired) electrons. The molecule has 116 valence electrons. The number of rotatable bonds is 4. The highest BCUT2D eigenvalue weighted by Crippen LogP contribution is 2.18. The highest BCUT2D eigenvalue weighted by atomic mass is 35.5. The molecule has 0 atom stereocenters. The molecule has 6 nitrogen and oxygen atoms in total. The Morgan fingerprint density at radius 2 is 1.74 bits per heavy atom. The molecule has 3 aromatic rings. The van der Waals surface area contributed by atoms with Crippen molar-refractivity contribution in [1.29, 1.82) is 0 Å². The molecule has 0 bridgehead atoms. The Morgan fingerprint density at radius 3 is 2.43 bits per heavy atom. The molecule has 0 unspecified atom stereocenters. The molecule has 7 heteroatoms. The molecular weight excluding hydrogens is 314 g/mol. The van der Waals surface area contributed by atoms with Crippen molar-refractivity contribution in [3.05, 3.63) is 75.7 Å². The largest absolute Gasteiger partial charge is 0.349 e. The predicted octanol–water partition coefficient (Wildman–Crippen LogP) is 2.37. The highest BCUT2D eigenvalue weighted by Gasteiger charge is 2.10. The Bertz CT molecular complexity index is 848. The Labute approximate surface area is 137 Å². The zero-order valence-electron chi connectivity index (χ0n) is 12.1. The molecule has 3 N–H and O–H groups in total. The molecule has 2 aromatic carbocycles. The van der Waals surface area contributed by atoms with Crippen molar-refractivity contribution in [2.24, 2.45) is 5.84 Å². The summed E-state index contributed by atoms with van der Waals surface area (Å²) in [5, 5.41) is 1.94. The minimum Gasteiger partial charge on any atom is -0.290 e. The number of hydrogen-bond acceptors (Lipinski definition) is 5. The fourth-order valence-electron chi connectivity index (χ4n) is 2.10. The smallest absolute Gasteiger partial charge is 0.290 e. The summed E-state index contributed by atoms with van der Waals surface area (Å²) in [6, 6.07) is 16.6. The van der Waals surface area contributed by atoms with Crippen molar-refractivity contribution in [3.63, 3.8) is 0 Å². The van der Waals surface area contributed by atoms with E-state index in [0.29, 0.717) is 17.4 Å². The third-order valence-corrected chi connectivity index (χ3v) is 3.46. The molecule has 0 saturated heterocycles. The fourth-order valence-corrected chi connectivity index (χ4v) is 2.22. The third-order valence-electron chi connectivity index (χ3n) is 3.21. The van der Waals surface area contributed by atoms with Gasteiger partial charge in [-0.15, -0.1) is 0 Å². The van der Waals surface area contributed by atoms with Crippen LogP contribution in [0, 0.1) is 0 Å². The maximum atomic E-state index is 11.8. The van der Waals surface area contributed by atoms with E-state index in [1.807, 2.05) is 30.3 Å². The fraction of sp³-hybridized carbons (Fsp3) is 0.0625. The van der Waals surface area contributed by atoms with Crippen LogP contribution in [0.2, 0.25) is 5.02 Å². The highest BCUT2D eigenvalue weighted by molar-refractivity contribution is 6.30. The van der Waals surface area contributed by atoms with Crippen LogP contribution in [0.25, 0.3) is 11.4 Å². The van der Waals surface area contributed by atoms with Gasteiger partial charge in [-0.05, 0) is 29.8 Å². The summed E-state index contributed by atoms with van der Waals surface area (Å²) in [7, 11) is 0. The van der Waals surface area contributed by atoms with Crippen molar-refractivity contribution in [1.82, 2.24) is 15.0 Å². The lowest BCUT2D eigenvalue weighted by Gasteiger charge is -2.16. The van der Waals surface area contributed by atoms with Crippen LogP contribution in [-0.2, 0) is 6.54 Å². The van der Waals surface area contributed by atoms with Gasteiger partial charge in [0.25, 0.3) is 0 Å². The van der Waals surface area contributed by atoms with Gasteiger partial charge in [-0.2, -0.15) is 9.97 Å². The standard InChI is InChI=1S/C16H14ClN5O/c17-13-8-6-12(7-9-13)14-19-15(21-16(23)20-14)22(18)10-11-4-2-1-3-5-11/h1-9H,10,18H2,(H,19,20,21,23). The van der Waals surface area contributed by atoms with Crippen LogP contribution in [0.5, 0.6) is 0 Å². The molecule has 1 heterocycles. The van der Waals surface area contributed by atoms with Crippen LogP contribution in [0.3, 0.4) is 0 Å². The minimum absolute atomic E-state index is 0.155. The van der Waals surface area contributed by atoms with Crippen LogP contribution in [0.1, 0.15) is 5.56 Å².